The summed E-state index contributed by atoms with van der Waals surface area (Å²) in [7, 11) is 1.84. The van der Waals surface area contributed by atoms with Crippen molar-refractivity contribution >= 4 is 96.5 Å². The van der Waals surface area contributed by atoms with E-state index in [0.29, 0.717) is 127 Å². The third-order valence-corrected chi connectivity index (χ3v) is 25.9. The van der Waals surface area contributed by atoms with Gasteiger partial charge in [0.1, 0.15) is 36.7 Å². The number of piperidine rings is 3. The first-order valence-electron chi connectivity index (χ1n) is 42.9. The summed E-state index contributed by atoms with van der Waals surface area (Å²) in [6.07, 6.45) is 28.2. The van der Waals surface area contributed by atoms with Crippen molar-refractivity contribution in [3.8, 4) is 0 Å². The normalized spacial score (nSPS) is 27.4. The number of carbonyl (C=O) groups is 9. The van der Waals surface area contributed by atoms with Crippen molar-refractivity contribution < 1.29 is 57.4 Å². The van der Waals surface area contributed by atoms with Gasteiger partial charge in [-0.2, -0.15) is 15.3 Å². The lowest BCUT2D eigenvalue weighted by atomic mass is 9.89. The molecule has 5 N–H and O–H groups in total. The number of Topliss-reactive ketones (excluding diaryl/α,β-unsaturated/α-hetero) is 6. The molecule has 7 fully saturated rings. The highest BCUT2D eigenvalue weighted by atomic mass is 16.5. The van der Waals surface area contributed by atoms with Gasteiger partial charge in [-0.1, -0.05) is 96.4 Å². The van der Waals surface area contributed by atoms with Crippen molar-refractivity contribution in [2.24, 2.45) is 28.1 Å². The van der Waals surface area contributed by atoms with Gasteiger partial charge in [-0.15, -0.1) is 0 Å². The molecule has 6 aliphatic heterocycles. The molecule has 4 saturated carbocycles. The van der Waals surface area contributed by atoms with Crippen LogP contribution in [-0.4, -0.2) is 206 Å². The highest BCUT2D eigenvalue weighted by Crippen LogP contribution is 2.62. The summed E-state index contributed by atoms with van der Waals surface area (Å²) in [5, 5.41) is 33.7. The van der Waals surface area contributed by atoms with E-state index in [4.69, 9.17) is 19.3 Å². The first-order chi connectivity index (χ1) is 56.0. The lowest BCUT2D eigenvalue weighted by Gasteiger charge is -2.26. The van der Waals surface area contributed by atoms with Crippen LogP contribution in [0.4, 0.5) is 11.4 Å². The van der Waals surface area contributed by atoms with Gasteiger partial charge in [-0.25, -0.2) is 0 Å². The monoisotopic (exact) mass is 1590 g/mol. The number of ketones is 6. The van der Waals surface area contributed by atoms with E-state index >= 15 is 0 Å². The Bertz CT molecular complexity index is 4830. The molecule has 6 aromatic rings. The largest absolute Gasteiger partial charge is 0.388 e. The van der Waals surface area contributed by atoms with Crippen LogP contribution in [0.3, 0.4) is 0 Å². The maximum Gasteiger partial charge on any atom is 0.245 e. The number of amides is 3. The quantitative estimate of drug-likeness (QED) is 0.0471. The highest BCUT2D eigenvalue weighted by molar-refractivity contribution is 6.09. The Morgan fingerprint density at radius 1 is 0.483 bits per heavy atom. The minimum atomic E-state index is -0.426. The molecule has 26 heteroatoms. The van der Waals surface area contributed by atoms with E-state index in [-0.39, 0.29) is 106 Å². The number of aromatic nitrogens is 6. The van der Waals surface area contributed by atoms with Crippen LogP contribution in [0.25, 0.3) is 32.7 Å². The lowest BCUT2D eigenvalue weighted by molar-refractivity contribution is -0.139. The molecular weight excluding hydrogens is 1470 g/mol. The Morgan fingerprint density at radius 2 is 0.845 bits per heavy atom. The third kappa shape index (κ3) is 17.8. The minimum Gasteiger partial charge on any atom is -0.388 e. The van der Waals surface area contributed by atoms with Gasteiger partial charge in [0, 0.05) is 135 Å². The third-order valence-electron chi connectivity index (χ3n) is 25.9. The van der Waals surface area contributed by atoms with Gasteiger partial charge in [0.05, 0.1) is 74.3 Å². The van der Waals surface area contributed by atoms with Crippen LogP contribution < -0.4 is 26.6 Å². The number of nitrogens with one attached hydrogen (secondary N) is 5. The molecule has 3 aromatic carbocycles. The van der Waals surface area contributed by atoms with Gasteiger partial charge in [-0.3, -0.25) is 57.2 Å². The molecule has 4 aliphatic carbocycles. The Hall–Kier alpha value is -8.92. The molecule has 16 rings (SSSR count). The van der Waals surface area contributed by atoms with Gasteiger partial charge >= 0.3 is 0 Å². The van der Waals surface area contributed by atoms with E-state index < -0.39 is 18.1 Å². The van der Waals surface area contributed by atoms with Gasteiger partial charge in [0.15, 0.2) is 34.7 Å². The van der Waals surface area contributed by atoms with Gasteiger partial charge in [0.25, 0.3) is 0 Å². The number of anilines is 2. The van der Waals surface area contributed by atoms with Gasteiger partial charge in [-0.05, 0) is 161 Å². The van der Waals surface area contributed by atoms with Crippen LogP contribution in [-0.2, 0) is 88.7 Å². The topological polar surface area (TPSA) is 305 Å². The van der Waals surface area contributed by atoms with Crippen LogP contribution in [0.2, 0.25) is 0 Å². The molecule has 0 spiro atoms. The second-order valence-corrected chi connectivity index (χ2v) is 34.8. The second kappa shape index (κ2) is 36.1. The first kappa shape index (κ1) is 83.6. The van der Waals surface area contributed by atoms with Crippen LogP contribution in [0, 0.1) is 28.1 Å². The summed E-state index contributed by atoms with van der Waals surface area (Å²) in [5.74, 6) is 0.648. The molecule has 3 aromatic heterocycles. The molecule has 9 atom stereocenters. The Labute approximate surface area is 680 Å². The standard InChI is InChI=1S/C33H45N5O4.C30H40N4O4.C27H35N5O4/c1-3-28(40)27-16-33-17-29(33)38(27)30(41)20-37-32-24(19-34-12-8-5-9-13-42-21-33)14-25(15-26(32)31(36-37)22(2)39)35-18-23-10-6-4-7-11-23;1-5-25(36)24-14-30-15-26(30)34(24)27(37)17-33-29-22(16-31-9-7-6-8-10-38-18-30)12-21(11-19(2)3)13-23(29)28(32-33)20(4)35;1-4-22(34)21-12-27-13-23(27)32(21)24(35)15-31-26-18(14-29-8-6-5-7-9-36-16-27)10-19(28-3)11-20(26)25(30-31)17(2)33/h5,9,14-15,23,27,29,34-35H,3-4,6-8,10-13,16-21H2,1-2H3;6,8,12-13,19,24,26,31H,5,7,9-11,14-18H2,1-4H3;5,7,10-11,21,23,28-29H,4,6,8-9,12-16H2,1-3H3/b9-5-;8-6-;7-5-/t27-,29+,33-;24-,26+,30-;21-,23+,27-/m000/s1. The van der Waals surface area contributed by atoms with Crippen molar-refractivity contribution in [1.29, 1.82) is 0 Å². The number of carbonyl (C=O) groups excluding carboxylic acids is 9. The fourth-order valence-corrected chi connectivity index (χ4v) is 19.8. The van der Waals surface area contributed by atoms with Crippen LogP contribution in [0.1, 0.15) is 218 Å². The zero-order valence-corrected chi connectivity index (χ0v) is 69.5. The molecule has 0 unspecified atom stereocenters. The molecule has 3 amide bonds. The van der Waals surface area contributed by atoms with Crippen molar-refractivity contribution in [1.82, 2.24) is 60.0 Å². The predicted molar refractivity (Wildman–Crippen MR) is 445 cm³/mol. The lowest BCUT2D eigenvalue weighted by Crippen LogP contribution is -2.44. The Kier molecular flexibility index (Phi) is 26.0. The summed E-state index contributed by atoms with van der Waals surface area (Å²) < 4.78 is 23.0. The summed E-state index contributed by atoms with van der Waals surface area (Å²) in [6, 6.07) is 11.1. The van der Waals surface area contributed by atoms with Crippen molar-refractivity contribution in [2.75, 3.05) is 83.5 Å². The molecule has 6 bridgehead atoms. The fraction of sp³-hybridized carbons (Fsp3) is 0.600. The van der Waals surface area contributed by atoms with E-state index in [1.807, 2.05) is 61.9 Å². The molecular formula is C90H120N14O12. The number of hydrogen-bond acceptors (Lipinski definition) is 20. The summed E-state index contributed by atoms with van der Waals surface area (Å²) in [4.78, 5) is 124. The van der Waals surface area contributed by atoms with E-state index in [9.17, 15) is 43.2 Å². The maximum absolute atomic E-state index is 14.0. The zero-order valence-electron chi connectivity index (χ0n) is 69.5. The SMILES string of the molecule is CCC(=O)[C@@H]1C[C@]23COC/C=C\CCNCc4cc(CC(C)C)cc5c(C(C)=O)nn(c45)CC(=O)N1[C@@H]2C3.CCC(=O)[C@@H]1C[C@]23COC/C=C\CCNCc4cc(NC)cc5c(C(C)=O)nn(c45)CC(=O)N1[C@@H]2C3.CCC(=O)[C@@H]1C[C@]23COC/C=C\CCNCc4cc(NCC5CCCCC5)cc5c(C(C)=O)nn(c45)CC(=O)N1[C@@H]2C3. The summed E-state index contributed by atoms with van der Waals surface area (Å²) in [5.41, 5.74) is 9.16. The molecule has 0 radical (unpaired) electrons. The number of ether oxygens (including phenoxy) is 3. The van der Waals surface area contributed by atoms with Gasteiger partial charge < -0.3 is 55.5 Å². The predicted octanol–water partition coefficient (Wildman–Crippen LogP) is 11.2. The van der Waals surface area contributed by atoms with E-state index in [1.54, 1.807) is 18.9 Å². The molecule has 622 valence electrons. The number of hydrogen-bond donors (Lipinski definition) is 5. The second-order valence-electron chi connectivity index (χ2n) is 34.8. The van der Waals surface area contributed by atoms with Crippen LogP contribution >= 0.6 is 0 Å². The Balaban J connectivity index is 0.000000144. The molecule has 10 aliphatic rings. The van der Waals surface area contributed by atoms with Crippen LogP contribution in [0.5, 0.6) is 0 Å². The molecule has 9 heterocycles. The van der Waals surface area contributed by atoms with Crippen LogP contribution in [0.15, 0.2) is 72.9 Å². The van der Waals surface area contributed by atoms with E-state index in [0.717, 1.165) is 137 Å². The van der Waals surface area contributed by atoms with Crippen molar-refractivity contribution in [2.45, 2.75) is 246 Å². The van der Waals surface area contributed by atoms with Crippen molar-refractivity contribution in [3.63, 3.8) is 0 Å². The van der Waals surface area contributed by atoms with E-state index in [2.05, 4.69) is 99.2 Å². The average Bonchev–Trinajstić information content (AvgIpc) is 1.55. The fourth-order valence-electron chi connectivity index (χ4n) is 19.8. The molecule has 116 heavy (non-hydrogen) atoms. The zero-order chi connectivity index (χ0) is 81.7. The molecule has 3 saturated heterocycles. The van der Waals surface area contributed by atoms with Crippen molar-refractivity contribution in [3.05, 3.63) is 112 Å². The summed E-state index contributed by atoms with van der Waals surface area (Å²) in [6.45, 7) is 22.8. The Morgan fingerprint density at radius 3 is 1.21 bits per heavy atom. The van der Waals surface area contributed by atoms with E-state index in [1.165, 1.54) is 52.9 Å². The number of rotatable bonds is 15. The number of benzene rings is 3. The van der Waals surface area contributed by atoms with Gasteiger partial charge in [0.2, 0.25) is 17.7 Å². The smallest absolute Gasteiger partial charge is 0.245 e. The first-order valence-corrected chi connectivity index (χ1v) is 42.9. The molecule has 26 nitrogen and oxygen atoms in total. The minimum absolute atomic E-state index is 0.00277. The average molecular weight is 1590 g/mol. The summed E-state index contributed by atoms with van der Waals surface area (Å²) >= 11 is 0. The maximum atomic E-state index is 14.0. The highest BCUT2D eigenvalue weighted by Gasteiger charge is 2.69. The number of nitrogens with zero attached hydrogens (tertiary/aromatic N) is 9.